The van der Waals surface area contributed by atoms with Crippen molar-refractivity contribution in [2.75, 3.05) is 13.3 Å². The lowest BCUT2D eigenvalue weighted by molar-refractivity contribution is 0.173. The summed E-state index contributed by atoms with van der Waals surface area (Å²) >= 11 is 0. The van der Waals surface area contributed by atoms with Gasteiger partial charge in [-0.2, -0.15) is 0 Å². The minimum absolute atomic E-state index is 0.353. The van der Waals surface area contributed by atoms with Gasteiger partial charge in [0, 0.05) is 12.6 Å². The Balaban J connectivity index is 2.01. The number of aryl methyl sites for hydroxylation is 1. The molecule has 0 spiro atoms. The van der Waals surface area contributed by atoms with Gasteiger partial charge in [0.25, 0.3) is 0 Å². The van der Waals surface area contributed by atoms with Crippen LogP contribution in [-0.2, 0) is 0 Å². The van der Waals surface area contributed by atoms with E-state index in [0.717, 1.165) is 18.0 Å². The van der Waals surface area contributed by atoms with E-state index < -0.39 is 0 Å². The first kappa shape index (κ1) is 9.04. The monoisotopic (exact) mass is 205 g/mol. The molecule has 3 rings (SSSR count). The van der Waals surface area contributed by atoms with Crippen LogP contribution in [0.2, 0.25) is 0 Å². The van der Waals surface area contributed by atoms with Crippen molar-refractivity contribution in [1.82, 2.24) is 5.32 Å². The van der Waals surface area contributed by atoms with Crippen molar-refractivity contribution >= 4 is 0 Å². The summed E-state index contributed by atoms with van der Waals surface area (Å²) in [4.78, 5) is 0. The van der Waals surface area contributed by atoms with Crippen molar-refractivity contribution < 1.29 is 9.47 Å². The fraction of sp³-hybridized carbons (Fsp3) is 0.500. The summed E-state index contributed by atoms with van der Waals surface area (Å²) in [5, 5.41) is 3.45. The highest BCUT2D eigenvalue weighted by Crippen LogP contribution is 2.39. The summed E-state index contributed by atoms with van der Waals surface area (Å²) in [6.07, 6.45) is 0. The molecular formula is C12H15NO2. The Kier molecular flexibility index (Phi) is 1.89. The van der Waals surface area contributed by atoms with Crippen LogP contribution in [0.4, 0.5) is 0 Å². The van der Waals surface area contributed by atoms with E-state index in [1.165, 1.54) is 11.1 Å². The molecule has 2 aliphatic heterocycles. The van der Waals surface area contributed by atoms with Gasteiger partial charge < -0.3 is 14.8 Å². The summed E-state index contributed by atoms with van der Waals surface area (Å²) in [7, 11) is 0. The number of nitrogens with one attached hydrogen (secondary N) is 1. The van der Waals surface area contributed by atoms with Gasteiger partial charge in [0.2, 0.25) is 6.79 Å². The molecule has 3 heteroatoms. The van der Waals surface area contributed by atoms with Gasteiger partial charge in [0.15, 0.2) is 11.5 Å². The van der Waals surface area contributed by atoms with Gasteiger partial charge in [-0.25, -0.2) is 0 Å². The smallest absolute Gasteiger partial charge is 0.231 e. The zero-order valence-corrected chi connectivity index (χ0v) is 9.04. The Morgan fingerprint density at radius 2 is 2.00 bits per heavy atom. The number of benzene rings is 1. The molecule has 1 aromatic carbocycles. The average Bonchev–Trinajstić information content (AvgIpc) is 2.63. The Labute approximate surface area is 89.4 Å². The number of hydrogen-bond donors (Lipinski definition) is 1. The highest BCUT2D eigenvalue weighted by atomic mass is 16.7. The first-order valence-electron chi connectivity index (χ1n) is 5.39. The topological polar surface area (TPSA) is 30.5 Å². The number of rotatable bonds is 1. The summed E-state index contributed by atoms with van der Waals surface area (Å²) in [6, 6.07) is 4.68. The van der Waals surface area contributed by atoms with Crippen LogP contribution < -0.4 is 14.8 Å². The van der Waals surface area contributed by atoms with E-state index in [-0.39, 0.29) is 0 Å². The maximum atomic E-state index is 5.40. The molecule has 2 aliphatic rings. The largest absolute Gasteiger partial charge is 0.454 e. The maximum absolute atomic E-state index is 5.40. The van der Waals surface area contributed by atoms with Crippen LogP contribution in [-0.4, -0.2) is 13.3 Å². The second-order valence-electron chi connectivity index (χ2n) is 4.43. The SMILES string of the molecule is Cc1cc2c(cc1C1NCC1C)OCO2. The van der Waals surface area contributed by atoms with Crippen molar-refractivity contribution in [2.45, 2.75) is 19.9 Å². The van der Waals surface area contributed by atoms with Gasteiger partial charge in [-0.05, 0) is 36.1 Å². The second-order valence-corrected chi connectivity index (χ2v) is 4.43. The van der Waals surface area contributed by atoms with Crippen molar-refractivity contribution in [3.05, 3.63) is 23.3 Å². The summed E-state index contributed by atoms with van der Waals surface area (Å²) in [5.41, 5.74) is 2.63. The molecule has 0 aliphatic carbocycles. The number of fused-ring (bicyclic) bond motifs is 1. The first-order valence-corrected chi connectivity index (χ1v) is 5.39. The molecule has 0 saturated carbocycles. The molecule has 1 aromatic rings. The molecule has 0 bridgehead atoms. The predicted octanol–water partition coefficient (Wildman–Crippen LogP) is 2.00. The molecule has 1 N–H and O–H groups in total. The van der Waals surface area contributed by atoms with Crippen molar-refractivity contribution in [3.8, 4) is 11.5 Å². The van der Waals surface area contributed by atoms with Crippen LogP contribution in [0, 0.1) is 12.8 Å². The van der Waals surface area contributed by atoms with Crippen molar-refractivity contribution in [3.63, 3.8) is 0 Å². The third-order valence-corrected chi connectivity index (χ3v) is 3.33. The maximum Gasteiger partial charge on any atom is 0.231 e. The van der Waals surface area contributed by atoms with E-state index in [2.05, 4.69) is 31.3 Å². The molecule has 1 fully saturated rings. The van der Waals surface area contributed by atoms with Crippen LogP contribution in [0.3, 0.4) is 0 Å². The Bertz CT molecular complexity index is 403. The van der Waals surface area contributed by atoms with E-state index in [0.29, 0.717) is 18.8 Å². The fourth-order valence-corrected chi connectivity index (χ4v) is 2.28. The van der Waals surface area contributed by atoms with E-state index in [4.69, 9.17) is 9.47 Å². The van der Waals surface area contributed by atoms with Crippen LogP contribution in [0.15, 0.2) is 12.1 Å². The van der Waals surface area contributed by atoms with E-state index >= 15 is 0 Å². The number of hydrogen-bond acceptors (Lipinski definition) is 3. The molecule has 0 amide bonds. The zero-order valence-electron chi connectivity index (χ0n) is 9.04. The quantitative estimate of drug-likeness (QED) is 0.760. The number of ether oxygens (including phenoxy) is 2. The molecule has 1 saturated heterocycles. The zero-order chi connectivity index (χ0) is 10.4. The lowest BCUT2D eigenvalue weighted by Gasteiger charge is -2.36. The van der Waals surface area contributed by atoms with Crippen LogP contribution in [0.1, 0.15) is 24.1 Å². The molecule has 0 radical (unpaired) electrons. The highest BCUT2D eigenvalue weighted by molar-refractivity contribution is 5.49. The van der Waals surface area contributed by atoms with Crippen LogP contribution >= 0.6 is 0 Å². The lowest BCUT2D eigenvalue weighted by atomic mass is 9.85. The van der Waals surface area contributed by atoms with Crippen molar-refractivity contribution in [2.24, 2.45) is 5.92 Å². The highest BCUT2D eigenvalue weighted by Gasteiger charge is 2.30. The van der Waals surface area contributed by atoms with Crippen LogP contribution in [0.5, 0.6) is 11.5 Å². The molecular weight excluding hydrogens is 190 g/mol. The van der Waals surface area contributed by atoms with Gasteiger partial charge >= 0.3 is 0 Å². The first-order chi connectivity index (χ1) is 7.25. The Morgan fingerprint density at radius 1 is 1.27 bits per heavy atom. The van der Waals surface area contributed by atoms with Gasteiger partial charge in [0.05, 0.1) is 0 Å². The molecule has 80 valence electrons. The van der Waals surface area contributed by atoms with E-state index in [1.54, 1.807) is 0 Å². The average molecular weight is 205 g/mol. The summed E-state index contributed by atoms with van der Waals surface area (Å²) < 4.78 is 10.7. The second kappa shape index (κ2) is 3.14. The van der Waals surface area contributed by atoms with Crippen LogP contribution in [0.25, 0.3) is 0 Å². The molecule has 3 nitrogen and oxygen atoms in total. The molecule has 2 unspecified atom stereocenters. The normalized spacial score (nSPS) is 27.6. The molecule has 2 atom stereocenters. The van der Waals surface area contributed by atoms with Gasteiger partial charge in [0.1, 0.15) is 0 Å². The fourth-order valence-electron chi connectivity index (χ4n) is 2.28. The minimum Gasteiger partial charge on any atom is -0.454 e. The Hall–Kier alpha value is -1.22. The summed E-state index contributed by atoms with van der Waals surface area (Å²) in [5.74, 6) is 2.48. The lowest BCUT2D eigenvalue weighted by Crippen LogP contribution is -2.44. The third-order valence-electron chi connectivity index (χ3n) is 3.33. The van der Waals surface area contributed by atoms with Gasteiger partial charge in [-0.15, -0.1) is 0 Å². The Morgan fingerprint density at radius 3 is 2.60 bits per heavy atom. The van der Waals surface area contributed by atoms with Gasteiger partial charge in [-0.3, -0.25) is 0 Å². The summed E-state index contributed by atoms with van der Waals surface area (Å²) in [6.45, 7) is 5.86. The standard InChI is InChI=1S/C12H15NO2/c1-7-3-10-11(15-6-14-10)4-9(7)12-8(2)5-13-12/h3-4,8,12-13H,5-6H2,1-2H3. The van der Waals surface area contributed by atoms with Gasteiger partial charge in [-0.1, -0.05) is 6.92 Å². The predicted molar refractivity (Wildman–Crippen MR) is 57.2 cm³/mol. The van der Waals surface area contributed by atoms with E-state index in [9.17, 15) is 0 Å². The molecule has 15 heavy (non-hydrogen) atoms. The molecule has 2 heterocycles. The molecule has 0 aromatic heterocycles. The third kappa shape index (κ3) is 1.30. The van der Waals surface area contributed by atoms with E-state index in [1.807, 2.05) is 0 Å². The minimum atomic E-state index is 0.353. The van der Waals surface area contributed by atoms with Crippen molar-refractivity contribution in [1.29, 1.82) is 0 Å².